The molecule has 4 heterocycles. The molecule has 3 aromatic heterocycles. The van der Waals surface area contributed by atoms with Crippen LogP contribution in [-0.2, 0) is 17.5 Å². The number of halogens is 3. The minimum Gasteiger partial charge on any atom is -0.383 e. The number of benzene rings is 2. The highest BCUT2D eigenvalue weighted by molar-refractivity contribution is 5.87. The van der Waals surface area contributed by atoms with Gasteiger partial charge in [-0.25, -0.2) is 24.9 Å². The van der Waals surface area contributed by atoms with Gasteiger partial charge in [0, 0.05) is 69.6 Å². The molecule has 0 aliphatic carbocycles. The fourth-order valence-corrected chi connectivity index (χ4v) is 5.31. The molecule has 2 aromatic carbocycles. The molecule has 11 nitrogen and oxygen atoms in total. The molecule has 14 heteroatoms. The standard InChI is InChI=1S/C32H35F3N10O/c1-21-4-5-23(16-36-25-13-24(32(33,34)35)14-26(15-25)45-18-22(2)40-20-45)12-27(21)41-30-29-28(38-19-39-30)17-37-31(42-29)44-8-6-43(7-9-44)10-11-46-3/h4-5,12-15,17-20,36H,6-11,16H2,1-3H3,(H,38,39,41). The van der Waals surface area contributed by atoms with E-state index in [4.69, 9.17) is 9.72 Å². The van der Waals surface area contributed by atoms with Crippen molar-refractivity contribution in [3.8, 4) is 5.69 Å². The molecule has 0 atom stereocenters. The quantitative estimate of drug-likeness (QED) is 0.209. The number of methoxy groups -OCH3 is 1. The molecule has 0 saturated carbocycles. The van der Waals surface area contributed by atoms with Crippen molar-refractivity contribution in [2.24, 2.45) is 0 Å². The Kier molecular flexibility index (Phi) is 8.99. The number of anilines is 4. The maximum atomic E-state index is 13.7. The fourth-order valence-electron chi connectivity index (χ4n) is 5.31. The van der Waals surface area contributed by atoms with Gasteiger partial charge in [0.15, 0.2) is 5.82 Å². The second kappa shape index (κ2) is 13.3. The largest absolute Gasteiger partial charge is 0.416 e. The zero-order valence-electron chi connectivity index (χ0n) is 25.8. The molecular formula is C32H35F3N10O. The first-order chi connectivity index (χ1) is 22.2. The molecular weight excluding hydrogens is 597 g/mol. The van der Waals surface area contributed by atoms with E-state index in [0.29, 0.717) is 53.0 Å². The summed E-state index contributed by atoms with van der Waals surface area (Å²) < 4.78 is 48.0. The van der Waals surface area contributed by atoms with Crippen molar-refractivity contribution < 1.29 is 17.9 Å². The first kappa shape index (κ1) is 31.2. The zero-order valence-corrected chi connectivity index (χ0v) is 25.8. The highest BCUT2D eigenvalue weighted by Crippen LogP contribution is 2.33. The van der Waals surface area contributed by atoms with Gasteiger partial charge in [-0.15, -0.1) is 0 Å². The molecule has 5 aromatic rings. The lowest BCUT2D eigenvalue weighted by Gasteiger charge is -2.34. The predicted molar refractivity (Wildman–Crippen MR) is 171 cm³/mol. The minimum absolute atomic E-state index is 0.297. The van der Waals surface area contributed by atoms with E-state index < -0.39 is 11.7 Å². The van der Waals surface area contributed by atoms with Gasteiger partial charge in [-0.3, -0.25) is 4.90 Å². The van der Waals surface area contributed by atoms with Gasteiger partial charge < -0.3 is 24.8 Å². The maximum absolute atomic E-state index is 13.7. The Morgan fingerprint density at radius 2 is 1.78 bits per heavy atom. The number of imidazole rings is 1. The summed E-state index contributed by atoms with van der Waals surface area (Å²) in [5.74, 6) is 1.16. The van der Waals surface area contributed by atoms with Crippen molar-refractivity contribution in [2.75, 3.05) is 62.0 Å². The van der Waals surface area contributed by atoms with Crippen LogP contribution in [0.5, 0.6) is 0 Å². The van der Waals surface area contributed by atoms with Crippen LogP contribution in [0.1, 0.15) is 22.4 Å². The van der Waals surface area contributed by atoms with Gasteiger partial charge in [0.25, 0.3) is 0 Å². The summed E-state index contributed by atoms with van der Waals surface area (Å²) in [6.07, 6.45) is 1.87. The molecule has 240 valence electrons. The highest BCUT2D eigenvalue weighted by atomic mass is 19.4. The second-order valence-electron chi connectivity index (χ2n) is 11.3. The first-order valence-electron chi connectivity index (χ1n) is 14.9. The monoisotopic (exact) mass is 632 g/mol. The van der Waals surface area contributed by atoms with Crippen molar-refractivity contribution in [3.63, 3.8) is 0 Å². The molecule has 1 aliphatic rings. The van der Waals surface area contributed by atoms with E-state index in [1.54, 1.807) is 37.1 Å². The van der Waals surface area contributed by atoms with Crippen LogP contribution in [0, 0.1) is 13.8 Å². The normalized spacial score (nSPS) is 14.2. The number of hydrogen-bond acceptors (Lipinski definition) is 10. The topological polar surface area (TPSA) is 109 Å². The number of aryl methyl sites for hydroxylation is 2. The van der Waals surface area contributed by atoms with E-state index in [1.165, 1.54) is 12.7 Å². The third kappa shape index (κ3) is 7.18. The van der Waals surface area contributed by atoms with Crippen molar-refractivity contribution in [3.05, 3.63) is 83.8 Å². The molecule has 1 fully saturated rings. The molecule has 2 N–H and O–H groups in total. The van der Waals surface area contributed by atoms with E-state index in [2.05, 4.69) is 40.4 Å². The highest BCUT2D eigenvalue weighted by Gasteiger charge is 2.31. The zero-order chi connectivity index (χ0) is 32.3. The van der Waals surface area contributed by atoms with Crippen molar-refractivity contribution in [1.29, 1.82) is 0 Å². The van der Waals surface area contributed by atoms with Crippen LogP contribution < -0.4 is 15.5 Å². The van der Waals surface area contributed by atoms with E-state index >= 15 is 0 Å². The number of fused-ring (bicyclic) bond motifs is 1. The summed E-state index contributed by atoms with van der Waals surface area (Å²) in [4.78, 5) is 26.9. The Morgan fingerprint density at radius 1 is 0.957 bits per heavy atom. The Morgan fingerprint density at radius 3 is 2.52 bits per heavy atom. The van der Waals surface area contributed by atoms with E-state index in [0.717, 1.165) is 61.7 Å². The molecule has 1 saturated heterocycles. The Hall–Kier alpha value is -4.82. The average Bonchev–Trinajstić information content (AvgIpc) is 3.50. The maximum Gasteiger partial charge on any atom is 0.416 e. The van der Waals surface area contributed by atoms with Crippen LogP contribution in [0.3, 0.4) is 0 Å². The van der Waals surface area contributed by atoms with Crippen molar-refractivity contribution in [1.82, 2.24) is 34.4 Å². The summed E-state index contributed by atoms with van der Waals surface area (Å²) in [5, 5.41) is 6.57. The lowest BCUT2D eigenvalue weighted by molar-refractivity contribution is -0.137. The summed E-state index contributed by atoms with van der Waals surface area (Å²) >= 11 is 0. The van der Waals surface area contributed by atoms with Crippen LogP contribution in [0.25, 0.3) is 16.7 Å². The van der Waals surface area contributed by atoms with E-state index in [-0.39, 0.29) is 0 Å². The van der Waals surface area contributed by atoms with Crippen LogP contribution in [0.2, 0.25) is 0 Å². The number of piperazine rings is 1. The Labute approximate surface area is 264 Å². The second-order valence-corrected chi connectivity index (χ2v) is 11.3. The van der Waals surface area contributed by atoms with E-state index in [1.807, 2.05) is 25.1 Å². The van der Waals surface area contributed by atoms with Crippen LogP contribution >= 0.6 is 0 Å². The smallest absolute Gasteiger partial charge is 0.383 e. The van der Waals surface area contributed by atoms with Crippen LogP contribution in [-0.4, -0.2) is 80.8 Å². The number of hydrogen-bond donors (Lipinski definition) is 2. The number of nitrogens with one attached hydrogen (secondary N) is 2. The van der Waals surface area contributed by atoms with Gasteiger partial charge in [-0.2, -0.15) is 13.2 Å². The summed E-state index contributed by atoms with van der Waals surface area (Å²) in [5.41, 5.74) is 4.53. The molecule has 0 bridgehead atoms. The number of rotatable bonds is 10. The van der Waals surface area contributed by atoms with E-state index in [9.17, 15) is 13.2 Å². The molecule has 0 unspecified atom stereocenters. The fraction of sp³-hybridized carbons (Fsp3) is 0.344. The van der Waals surface area contributed by atoms with Crippen molar-refractivity contribution >= 4 is 34.2 Å². The van der Waals surface area contributed by atoms with Gasteiger partial charge in [-0.1, -0.05) is 12.1 Å². The summed E-state index contributed by atoms with van der Waals surface area (Å²) in [6.45, 7) is 9.04. The lowest BCUT2D eigenvalue weighted by atomic mass is 10.1. The summed E-state index contributed by atoms with van der Waals surface area (Å²) in [6, 6.07) is 9.75. The molecule has 46 heavy (non-hydrogen) atoms. The number of nitrogens with zero attached hydrogens (tertiary/aromatic N) is 8. The lowest BCUT2D eigenvalue weighted by Crippen LogP contribution is -2.47. The molecule has 6 rings (SSSR count). The van der Waals surface area contributed by atoms with Gasteiger partial charge in [0.05, 0.1) is 30.4 Å². The predicted octanol–water partition coefficient (Wildman–Crippen LogP) is 5.37. The van der Waals surface area contributed by atoms with Gasteiger partial charge in [0.1, 0.15) is 17.4 Å². The van der Waals surface area contributed by atoms with Crippen LogP contribution in [0.4, 0.5) is 36.3 Å². The number of ether oxygens (including phenoxy) is 1. The third-order valence-corrected chi connectivity index (χ3v) is 7.94. The molecule has 1 aliphatic heterocycles. The third-order valence-electron chi connectivity index (χ3n) is 7.94. The molecule has 0 spiro atoms. The molecule has 0 amide bonds. The minimum atomic E-state index is -4.49. The van der Waals surface area contributed by atoms with Gasteiger partial charge >= 0.3 is 6.18 Å². The van der Waals surface area contributed by atoms with Crippen LogP contribution in [0.15, 0.2) is 61.4 Å². The summed E-state index contributed by atoms with van der Waals surface area (Å²) in [7, 11) is 1.71. The van der Waals surface area contributed by atoms with Crippen molar-refractivity contribution in [2.45, 2.75) is 26.6 Å². The Balaban J connectivity index is 1.20. The first-order valence-corrected chi connectivity index (χ1v) is 14.9. The molecule has 0 radical (unpaired) electrons. The average molecular weight is 633 g/mol. The number of aromatic nitrogens is 6. The Bertz CT molecular complexity index is 1820. The SMILES string of the molecule is COCCN1CCN(c2ncc3ncnc(Nc4cc(CNc5cc(-n6cnc(C)c6)cc(C(F)(F)F)c5)ccc4C)c3n2)CC1. The number of alkyl halides is 3. The van der Waals surface area contributed by atoms with Gasteiger partial charge in [0.2, 0.25) is 5.95 Å². The van der Waals surface area contributed by atoms with Gasteiger partial charge in [-0.05, 0) is 49.2 Å².